The Morgan fingerprint density at radius 3 is 1.31 bits per heavy atom. The van der Waals surface area contributed by atoms with Crippen LogP contribution in [0.5, 0.6) is 0 Å². The SMILES string of the molecule is C[CH](C)[Ge]([CH]=C=O)([CH](C)C)[CH](C)C. The molecule has 0 fully saturated rings. The van der Waals surface area contributed by atoms with Gasteiger partial charge in [-0.25, -0.2) is 0 Å². The van der Waals surface area contributed by atoms with Crippen molar-refractivity contribution >= 4 is 19.2 Å². The van der Waals surface area contributed by atoms with Crippen LogP contribution in [0.4, 0.5) is 0 Å². The number of carbonyl (C=O) groups excluding carboxylic acids is 1. The predicted octanol–water partition coefficient (Wildman–Crippen LogP) is 3.59. The van der Waals surface area contributed by atoms with Gasteiger partial charge < -0.3 is 0 Å². The Morgan fingerprint density at radius 1 is 0.923 bits per heavy atom. The molecule has 2 heteroatoms. The Kier molecular flexibility index (Phi) is 5.02. The average Bonchev–Trinajstić information content (AvgIpc) is 1.97. The van der Waals surface area contributed by atoms with Gasteiger partial charge in [0.05, 0.1) is 0 Å². The Balaban J connectivity index is 5.17. The van der Waals surface area contributed by atoms with Crippen LogP contribution < -0.4 is 0 Å². The summed E-state index contributed by atoms with van der Waals surface area (Å²) in [5.74, 6) is 2.06. The molecule has 0 heterocycles. The Morgan fingerprint density at radius 2 is 1.23 bits per heavy atom. The standard InChI is InChI=1S/C11H22GeO/c1-9(2)12(7-8-13,10(3)4)11(5)6/h7,9-11H,1-6H3. The second kappa shape index (κ2) is 5.02. The summed E-state index contributed by atoms with van der Waals surface area (Å²) < 4.78 is 2.00. The normalized spacial score (nSPS) is 12.4. The van der Waals surface area contributed by atoms with Crippen LogP contribution in [-0.2, 0) is 4.79 Å². The van der Waals surface area contributed by atoms with Crippen molar-refractivity contribution in [2.75, 3.05) is 0 Å². The van der Waals surface area contributed by atoms with Gasteiger partial charge in [-0.1, -0.05) is 0 Å². The molecule has 0 spiro atoms. The minimum atomic E-state index is -2.13. The summed E-state index contributed by atoms with van der Waals surface area (Å²) in [4.78, 5) is 12.5. The second-order valence-corrected chi connectivity index (χ2v) is 16.8. The average molecular weight is 243 g/mol. The van der Waals surface area contributed by atoms with E-state index >= 15 is 0 Å². The molecule has 0 aromatic heterocycles. The van der Waals surface area contributed by atoms with E-state index in [1.807, 2.05) is 4.91 Å². The minimum absolute atomic E-state index is 0.668. The van der Waals surface area contributed by atoms with Crippen LogP contribution >= 0.6 is 0 Å². The number of hydrogen-bond donors (Lipinski definition) is 0. The molecule has 0 amide bonds. The monoisotopic (exact) mass is 244 g/mol. The van der Waals surface area contributed by atoms with E-state index in [0.717, 1.165) is 0 Å². The van der Waals surface area contributed by atoms with Gasteiger partial charge in [-0.2, -0.15) is 0 Å². The molecule has 0 aromatic rings. The molecule has 0 aliphatic rings. The first-order valence-corrected chi connectivity index (χ1v) is 9.96. The second-order valence-electron chi connectivity index (χ2n) is 4.73. The van der Waals surface area contributed by atoms with Crippen LogP contribution in [0.1, 0.15) is 41.5 Å². The zero-order valence-corrected chi connectivity index (χ0v) is 11.8. The van der Waals surface area contributed by atoms with Crippen molar-refractivity contribution in [3.8, 4) is 0 Å². The quantitative estimate of drug-likeness (QED) is 0.544. The molecule has 0 bridgehead atoms. The third kappa shape index (κ3) is 2.48. The van der Waals surface area contributed by atoms with Crippen LogP contribution in [0.2, 0.25) is 14.3 Å². The molecule has 0 unspecified atom stereocenters. The summed E-state index contributed by atoms with van der Waals surface area (Å²) in [5.41, 5.74) is 0. The van der Waals surface area contributed by atoms with Crippen molar-refractivity contribution in [1.82, 2.24) is 0 Å². The first-order chi connectivity index (χ1) is 5.89. The molecule has 1 nitrogen and oxygen atoms in total. The van der Waals surface area contributed by atoms with Crippen molar-refractivity contribution in [3.05, 3.63) is 4.91 Å². The molecule has 0 aliphatic carbocycles. The van der Waals surface area contributed by atoms with Gasteiger partial charge in [0.1, 0.15) is 0 Å². The fourth-order valence-electron chi connectivity index (χ4n) is 2.60. The predicted molar refractivity (Wildman–Crippen MR) is 61.3 cm³/mol. The molecule has 0 saturated carbocycles. The van der Waals surface area contributed by atoms with E-state index in [-0.39, 0.29) is 0 Å². The maximum atomic E-state index is 10.6. The van der Waals surface area contributed by atoms with E-state index in [2.05, 4.69) is 47.5 Å². The van der Waals surface area contributed by atoms with Gasteiger partial charge >= 0.3 is 84.7 Å². The molecular formula is C11H22GeO. The van der Waals surface area contributed by atoms with Crippen molar-refractivity contribution in [1.29, 1.82) is 0 Å². The number of rotatable bonds is 4. The summed E-state index contributed by atoms with van der Waals surface area (Å²) >= 11 is -2.13. The summed E-state index contributed by atoms with van der Waals surface area (Å²) in [5, 5.41) is 0. The number of hydrogen-bond acceptors (Lipinski definition) is 1. The Hall–Kier alpha value is -0.00714. The molecule has 76 valence electrons. The van der Waals surface area contributed by atoms with Gasteiger partial charge in [0.15, 0.2) is 0 Å². The molecule has 0 rings (SSSR count). The summed E-state index contributed by atoms with van der Waals surface area (Å²) in [6.07, 6.45) is 0. The van der Waals surface area contributed by atoms with Crippen molar-refractivity contribution in [3.63, 3.8) is 0 Å². The van der Waals surface area contributed by atoms with E-state index in [1.165, 1.54) is 0 Å². The van der Waals surface area contributed by atoms with E-state index in [4.69, 9.17) is 0 Å². The fourth-order valence-corrected chi connectivity index (χ4v) is 13.5. The van der Waals surface area contributed by atoms with E-state index in [0.29, 0.717) is 14.3 Å². The fraction of sp³-hybridized carbons (Fsp3) is 0.818. The zero-order valence-electron chi connectivity index (χ0n) is 9.72. The van der Waals surface area contributed by atoms with E-state index < -0.39 is 13.3 Å². The first-order valence-electron chi connectivity index (χ1n) is 5.11. The van der Waals surface area contributed by atoms with Crippen molar-refractivity contribution in [2.24, 2.45) is 0 Å². The maximum absolute atomic E-state index is 10.6. The molecule has 0 aromatic carbocycles. The summed E-state index contributed by atoms with van der Waals surface area (Å²) in [6, 6.07) is 0. The van der Waals surface area contributed by atoms with Gasteiger partial charge in [0.25, 0.3) is 0 Å². The van der Waals surface area contributed by atoms with Gasteiger partial charge in [0, 0.05) is 0 Å². The third-order valence-electron chi connectivity index (χ3n) is 3.31. The summed E-state index contributed by atoms with van der Waals surface area (Å²) in [6.45, 7) is 13.5. The zero-order chi connectivity index (χ0) is 10.6. The van der Waals surface area contributed by atoms with Gasteiger partial charge in [-0.05, 0) is 0 Å². The molecule has 0 atom stereocenters. The molecule has 0 N–H and O–H groups in total. The van der Waals surface area contributed by atoms with Crippen molar-refractivity contribution in [2.45, 2.75) is 55.8 Å². The van der Waals surface area contributed by atoms with Gasteiger partial charge in [0.2, 0.25) is 0 Å². The van der Waals surface area contributed by atoms with Crippen LogP contribution in [0, 0.1) is 0 Å². The first kappa shape index (κ1) is 13.0. The van der Waals surface area contributed by atoms with Gasteiger partial charge in [-0.15, -0.1) is 0 Å². The van der Waals surface area contributed by atoms with Crippen molar-refractivity contribution < 1.29 is 4.79 Å². The molecule has 0 aliphatic heterocycles. The van der Waals surface area contributed by atoms with Crippen LogP contribution in [0.3, 0.4) is 0 Å². The van der Waals surface area contributed by atoms with Crippen LogP contribution in [-0.4, -0.2) is 19.2 Å². The van der Waals surface area contributed by atoms with E-state index in [1.54, 1.807) is 0 Å². The molecular weight excluding hydrogens is 221 g/mol. The Bertz CT molecular complexity index is 178. The van der Waals surface area contributed by atoms with Crippen LogP contribution in [0.25, 0.3) is 0 Å². The third-order valence-corrected chi connectivity index (χ3v) is 17.2. The Labute approximate surface area is 85.0 Å². The van der Waals surface area contributed by atoms with E-state index in [9.17, 15) is 4.79 Å². The topological polar surface area (TPSA) is 17.1 Å². The van der Waals surface area contributed by atoms with Gasteiger partial charge in [-0.3, -0.25) is 0 Å². The molecule has 13 heavy (non-hydrogen) atoms. The summed E-state index contributed by atoms with van der Waals surface area (Å²) in [7, 11) is 0. The molecule has 0 radical (unpaired) electrons. The molecule has 0 saturated heterocycles. The van der Waals surface area contributed by atoms with Crippen LogP contribution in [0.15, 0.2) is 4.91 Å².